The summed E-state index contributed by atoms with van der Waals surface area (Å²) in [5.41, 5.74) is -0.305. The number of rotatable bonds is 10. The van der Waals surface area contributed by atoms with Crippen molar-refractivity contribution in [2.24, 2.45) is 5.92 Å². The Morgan fingerprint density at radius 3 is 2.52 bits per heavy atom. The summed E-state index contributed by atoms with van der Waals surface area (Å²) in [5.74, 6) is -1.02. The molecule has 9 nitrogen and oxygen atoms in total. The van der Waals surface area contributed by atoms with Crippen LogP contribution in [0.2, 0.25) is 0 Å². The fraction of sp³-hybridized carbons (Fsp3) is 0.364. The normalized spacial score (nSPS) is 11.8. The van der Waals surface area contributed by atoms with Gasteiger partial charge in [0, 0.05) is 23.4 Å². The Labute approximate surface area is 195 Å². The number of nitrogens with one attached hydrogen (secondary N) is 1. The average molecular weight is 492 g/mol. The van der Waals surface area contributed by atoms with Gasteiger partial charge in [-0.1, -0.05) is 32.0 Å². The highest BCUT2D eigenvalue weighted by atomic mass is 32.2. The van der Waals surface area contributed by atoms with Crippen LogP contribution in [0.15, 0.2) is 41.2 Å². The number of benzene rings is 1. The number of nitrogens with zero attached hydrogens (tertiary/aromatic N) is 2. The van der Waals surface area contributed by atoms with Crippen LogP contribution in [-0.2, 0) is 27.7 Å². The number of fused-ring (bicyclic) bond motifs is 1. The molecule has 0 atom stereocenters. The van der Waals surface area contributed by atoms with Gasteiger partial charge in [-0.05, 0) is 30.5 Å². The molecule has 3 rings (SSSR count). The van der Waals surface area contributed by atoms with Gasteiger partial charge < -0.3 is 4.74 Å². The van der Waals surface area contributed by atoms with E-state index in [0.717, 1.165) is 11.1 Å². The molecule has 0 fully saturated rings. The van der Waals surface area contributed by atoms with Crippen molar-refractivity contribution in [3.05, 3.63) is 62.2 Å². The molecule has 0 saturated carbocycles. The van der Waals surface area contributed by atoms with Crippen molar-refractivity contribution >= 4 is 43.9 Å². The number of ether oxygens (including phenoxy) is 1. The topological polar surface area (TPSA) is 124 Å². The third-order valence-corrected chi connectivity index (χ3v) is 6.52. The average Bonchev–Trinajstić information content (AvgIpc) is 3.21. The molecule has 0 spiro atoms. The second kappa shape index (κ2) is 10.4. The molecule has 0 amide bonds. The number of thiophene rings is 1. The molecule has 0 bridgehead atoms. The Bertz CT molecular complexity index is 1340. The SMILES string of the molecule is CC(C)Cn1nc(C(=O)OCC(=O)c2ccc(CCNS(C)(=O)=O)s2)c2ccccc2c1=O. The predicted octanol–water partition coefficient (Wildman–Crippen LogP) is 2.25. The van der Waals surface area contributed by atoms with E-state index < -0.39 is 22.6 Å². The lowest BCUT2D eigenvalue weighted by Gasteiger charge is -2.12. The van der Waals surface area contributed by atoms with Crippen LogP contribution in [-0.4, -0.2) is 49.4 Å². The molecule has 1 N–H and O–H groups in total. The minimum Gasteiger partial charge on any atom is -0.452 e. The first-order chi connectivity index (χ1) is 15.5. The smallest absolute Gasteiger partial charge is 0.359 e. The van der Waals surface area contributed by atoms with E-state index >= 15 is 0 Å². The summed E-state index contributed by atoms with van der Waals surface area (Å²) in [5, 5.41) is 4.94. The van der Waals surface area contributed by atoms with Crippen molar-refractivity contribution in [3.8, 4) is 0 Å². The molecular formula is C22H25N3O6S2. The summed E-state index contributed by atoms with van der Waals surface area (Å²) in [6.07, 6.45) is 1.52. The van der Waals surface area contributed by atoms with Crippen molar-refractivity contribution in [2.45, 2.75) is 26.8 Å². The fourth-order valence-electron chi connectivity index (χ4n) is 3.15. The Balaban J connectivity index is 1.71. The standard InChI is InChI=1S/C22H25N3O6S2/c1-14(2)12-25-21(27)17-7-5-4-6-16(17)20(24-25)22(28)31-13-18(26)19-9-8-15(32-19)10-11-23-33(3,29)30/h4-9,14,23H,10-13H2,1-3H3. The van der Waals surface area contributed by atoms with Gasteiger partial charge in [-0.2, -0.15) is 5.10 Å². The van der Waals surface area contributed by atoms with Crippen molar-refractivity contribution in [2.75, 3.05) is 19.4 Å². The molecule has 2 heterocycles. The van der Waals surface area contributed by atoms with E-state index in [0.29, 0.717) is 28.6 Å². The number of Topliss-reactive ketones (excluding diaryl/α,β-unsaturated/α-hetero) is 1. The lowest BCUT2D eigenvalue weighted by Crippen LogP contribution is -2.28. The first kappa shape index (κ1) is 24.7. The van der Waals surface area contributed by atoms with Gasteiger partial charge >= 0.3 is 5.97 Å². The molecule has 0 aliphatic heterocycles. The number of carbonyl (C=O) groups is 2. The van der Waals surface area contributed by atoms with E-state index in [1.165, 1.54) is 16.0 Å². The largest absolute Gasteiger partial charge is 0.452 e. The number of hydrogen-bond acceptors (Lipinski definition) is 8. The van der Waals surface area contributed by atoms with Gasteiger partial charge in [-0.15, -0.1) is 11.3 Å². The summed E-state index contributed by atoms with van der Waals surface area (Å²) in [7, 11) is -3.27. The number of ketones is 1. The van der Waals surface area contributed by atoms with E-state index in [1.807, 2.05) is 13.8 Å². The zero-order valence-electron chi connectivity index (χ0n) is 18.5. The first-order valence-electron chi connectivity index (χ1n) is 10.3. The molecule has 2 aromatic heterocycles. The van der Waals surface area contributed by atoms with Gasteiger partial charge in [0.1, 0.15) is 0 Å². The van der Waals surface area contributed by atoms with Crippen LogP contribution in [0.4, 0.5) is 0 Å². The number of esters is 1. The van der Waals surface area contributed by atoms with Gasteiger partial charge in [0.05, 0.1) is 16.5 Å². The third-order valence-electron chi connectivity index (χ3n) is 4.61. The second-order valence-electron chi connectivity index (χ2n) is 7.96. The van der Waals surface area contributed by atoms with E-state index in [1.54, 1.807) is 36.4 Å². The van der Waals surface area contributed by atoms with Gasteiger partial charge in [0.15, 0.2) is 12.3 Å². The van der Waals surface area contributed by atoms with Crippen LogP contribution < -0.4 is 10.3 Å². The van der Waals surface area contributed by atoms with Crippen LogP contribution >= 0.6 is 11.3 Å². The van der Waals surface area contributed by atoms with Gasteiger partial charge in [-0.3, -0.25) is 9.59 Å². The van der Waals surface area contributed by atoms with Crippen molar-refractivity contribution in [1.29, 1.82) is 0 Å². The van der Waals surface area contributed by atoms with E-state index in [-0.39, 0.29) is 29.5 Å². The summed E-state index contributed by atoms with van der Waals surface area (Å²) in [4.78, 5) is 39.2. The minimum absolute atomic E-state index is 0.0163. The maximum absolute atomic E-state index is 12.8. The van der Waals surface area contributed by atoms with Crippen molar-refractivity contribution in [1.82, 2.24) is 14.5 Å². The van der Waals surface area contributed by atoms with Crippen molar-refractivity contribution in [3.63, 3.8) is 0 Å². The van der Waals surface area contributed by atoms with Crippen LogP contribution in [0.25, 0.3) is 10.8 Å². The Morgan fingerprint density at radius 2 is 1.85 bits per heavy atom. The van der Waals surface area contributed by atoms with E-state index in [2.05, 4.69) is 9.82 Å². The monoisotopic (exact) mass is 491 g/mol. The number of carbonyl (C=O) groups excluding carboxylic acids is 2. The lowest BCUT2D eigenvalue weighted by atomic mass is 10.1. The molecule has 0 aliphatic rings. The molecule has 0 radical (unpaired) electrons. The number of aromatic nitrogens is 2. The summed E-state index contributed by atoms with van der Waals surface area (Å²) >= 11 is 1.22. The predicted molar refractivity (Wildman–Crippen MR) is 126 cm³/mol. The molecule has 0 unspecified atom stereocenters. The van der Waals surface area contributed by atoms with E-state index in [9.17, 15) is 22.8 Å². The minimum atomic E-state index is -3.27. The molecule has 11 heteroatoms. The summed E-state index contributed by atoms with van der Waals surface area (Å²) < 4.78 is 31.2. The van der Waals surface area contributed by atoms with Crippen LogP contribution in [0, 0.1) is 5.92 Å². The molecule has 0 aliphatic carbocycles. The highest BCUT2D eigenvalue weighted by Gasteiger charge is 2.20. The Kier molecular flexibility index (Phi) is 7.77. The van der Waals surface area contributed by atoms with Crippen molar-refractivity contribution < 1.29 is 22.7 Å². The zero-order valence-corrected chi connectivity index (χ0v) is 20.2. The van der Waals surface area contributed by atoms with Gasteiger partial charge in [0.2, 0.25) is 15.8 Å². The third kappa shape index (κ3) is 6.56. The highest BCUT2D eigenvalue weighted by Crippen LogP contribution is 2.19. The summed E-state index contributed by atoms with van der Waals surface area (Å²) in [6, 6.07) is 10.0. The maximum Gasteiger partial charge on any atom is 0.359 e. The quantitative estimate of drug-likeness (QED) is 0.341. The fourth-order valence-corrected chi connectivity index (χ4v) is 4.55. The van der Waals surface area contributed by atoms with E-state index in [4.69, 9.17) is 4.74 Å². The molecule has 176 valence electrons. The zero-order chi connectivity index (χ0) is 24.2. The van der Waals surface area contributed by atoms with Gasteiger partial charge in [-0.25, -0.2) is 22.6 Å². The van der Waals surface area contributed by atoms with Crippen LogP contribution in [0.1, 0.15) is 38.9 Å². The molecule has 0 saturated heterocycles. The summed E-state index contributed by atoms with van der Waals surface area (Å²) in [6.45, 7) is 3.97. The Hall–Kier alpha value is -2.89. The highest BCUT2D eigenvalue weighted by molar-refractivity contribution is 7.88. The number of hydrogen-bond donors (Lipinski definition) is 1. The number of sulfonamides is 1. The molecule has 33 heavy (non-hydrogen) atoms. The van der Waals surface area contributed by atoms with Gasteiger partial charge in [0.25, 0.3) is 5.56 Å². The lowest BCUT2D eigenvalue weighted by molar-refractivity contribution is 0.0469. The van der Waals surface area contributed by atoms with Crippen LogP contribution in [0.5, 0.6) is 0 Å². The maximum atomic E-state index is 12.8. The molecule has 3 aromatic rings. The molecule has 1 aromatic carbocycles. The second-order valence-corrected chi connectivity index (χ2v) is 11.0. The van der Waals surface area contributed by atoms with Crippen LogP contribution in [0.3, 0.4) is 0 Å². The Morgan fingerprint density at radius 1 is 1.15 bits per heavy atom. The molecular weight excluding hydrogens is 466 g/mol. The first-order valence-corrected chi connectivity index (χ1v) is 13.0.